The van der Waals surface area contributed by atoms with Gasteiger partial charge in [-0.25, -0.2) is 4.39 Å². The maximum absolute atomic E-state index is 14.8. The molecule has 2 saturated heterocycles. The number of rotatable bonds is 5. The Hall–Kier alpha value is -2.61. The number of H-pyrrole nitrogens is 1. The Labute approximate surface area is 163 Å². The zero-order chi connectivity index (χ0) is 19.5. The summed E-state index contributed by atoms with van der Waals surface area (Å²) in [5.74, 6) is 1.78. The van der Waals surface area contributed by atoms with Crippen molar-refractivity contribution >= 4 is 11.8 Å². The summed E-state index contributed by atoms with van der Waals surface area (Å²) < 4.78 is 25.6. The van der Waals surface area contributed by atoms with Crippen LogP contribution < -0.4 is 20.1 Å². The van der Waals surface area contributed by atoms with E-state index >= 15 is 0 Å². The van der Waals surface area contributed by atoms with Crippen molar-refractivity contribution in [3.05, 3.63) is 46.2 Å². The Morgan fingerprint density at radius 1 is 1.29 bits per heavy atom. The molecule has 3 heterocycles. The van der Waals surface area contributed by atoms with Crippen molar-refractivity contribution in [1.29, 1.82) is 0 Å². The first-order valence-electron chi connectivity index (χ1n) is 9.62. The van der Waals surface area contributed by atoms with E-state index in [-0.39, 0.29) is 5.56 Å². The van der Waals surface area contributed by atoms with E-state index in [9.17, 15) is 9.18 Å². The SMILES string of the molecule is COc1ccccc1C[C@@H]1[C@H](F)CCN1c1nc(N2CCOCC2)cc(=O)[nH]1. The predicted molar refractivity (Wildman–Crippen MR) is 105 cm³/mol. The molecular weight excluding hydrogens is 363 g/mol. The van der Waals surface area contributed by atoms with Crippen LogP contribution in [-0.4, -0.2) is 62.1 Å². The van der Waals surface area contributed by atoms with Crippen molar-refractivity contribution in [2.75, 3.05) is 49.8 Å². The lowest BCUT2D eigenvalue weighted by Crippen LogP contribution is -2.40. The minimum absolute atomic E-state index is 0.232. The van der Waals surface area contributed by atoms with Crippen molar-refractivity contribution in [3.8, 4) is 5.75 Å². The molecule has 0 bridgehead atoms. The van der Waals surface area contributed by atoms with Gasteiger partial charge in [-0.2, -0.15) is 4.98 Å². The zero-order valence-electron chi connectivity index (χ0n) is 15.9. The van der Waals surface area contributed by atoms with Crippen LogP contribution in [0.5, 0.6) is 5.75 Å². The molecule has 2 fully saturated rings. The van der Waals surface area contributed by atoms with Crippen molar-refractivity contribution in [2.45, 2.75) is 25.1 Å². The Morgan fingerprint density at radius 3 is 2.86 bits per heavy atom. The van der Waals surface area contributed by atoms with Gasteiger partial charge in [0.15, 0.2) is 0 Å². The van der Waals surface area contributed by atoms with Crippen molar-refractivity contribution in [1.82, 2.24) is 9.97 Å². The Kier molecular flexibility index (Phi) is 5.47. The van der Waals surface area contributed by atoms with Crippen molar-refractivity contribution in [2.24, 2.45) is 0 Å². The minimum atomic E-state index is -0.998. The number of alkyl halides is 1. The van der Waals surface area contributed by atoms with E-state index < -0.39 is 12.2 Å². The number of ether oxygens (including phenoxy) is 2. The number of halogens is 1. The molecule has 0 saturated carbocycles. The molecule has 2 aromatic rings. The van der Waals surface area contributed by atoms with Crippen molar-refractivity contribution < 1.29 is 13.9 Å². The first-order valence-corrected chi connectivity index (χ1v) is 9.62. The topological polar surface area (TPSA) is 70.7 Å². The van der Waals surface area contributed by atoms with Crippen LogP contribution in [0, 0.1) is 0 Å². The van der Waals surface area contributed by atoms with Gasteiger partial charge >= 0.3 is 0 Å². The fraction of sp³-hybridized carbons (Fsp3) is 0.500. The zero-order valence-corrected chi connectivity index (χ0v) is 15.9. The molecule has 0 radical (unpaired) electrons. The van der Waals surface area contributed by atoms with Crippen LogP contribution in [0.3, 0.4) is 0 Å². The quantitative estimate of drug-likeness (QED) is 0.842. The van der Waals surface area contributed by atoms with Gasteiger partial charge in [0, 0.05) is 25.7 Å². The van der Waals surface area contributed by atoms with Crippen LogP contribution >= 0.6 is 0 Å². The monoisotopic (exact) mass is 388 g/mol. The molecule has 1 aromatic carbocycles. The number of aromatic amines is 1. The highest BCUT2D eigenvalue weighted by atomic mass is 19.1. The second-order valence-electron chi connectivity index (χ2n) is 7.11. The molecule has 2 atom stereocenters. The third-order valence-corrected chi connectivity index (χ3v) is 5.41. The summed E-state index contributed by atoms with van der Waals surface area (Å²) in [4.78, 5) is 23.6. The van der Waals surface area contributed by atoms with E-state index in [1.165, 1.54) is 6.07 Å². The molecule has 0 amide bonds. The van der Waals surface area contributed by atoms with E-state index in [1.807, 2.05) is 34.1 Å². The Morgan fingerprint density at radius 2 is 2.07 bits per heavy atom. The summed E-state index contributed by atoms with van der Waals surface area (Å²) in [6.45, 7) is 3.10. The van der Waals surface area contributed by atoms with Crippen molar-refractivity contribution in [3.63, 3.8) is 0 Å². The highest BCUT2D eigenvalue weighted by Gasteiger charge is 2.36. The van der Waals surface area contributed by atoms with Crippen LogP contribution in [0.2, 0.25) is 0 Å². The number of nitrogens with one attached hydrogen (secondary N) is 1. The Bertz CT molecular complexity index is 869. The van der Waals surface area contributed by atoms with Gasteiger partial charge in [-0.15, -0.1) is 0 Å². The van der Waals surface area contributed by atoms with E-state index in [0.29, 0.717) is 57.5 Å². The fourth-order valence-electron chi connectivity index (χ4n) is 3.94. The second kappa shape index (κ2) is 8.18. The van der Waals surface area contributed by atoms with E-state index in [0.717, 1.165) is 11.3 Å². The van der Waals surface area contributed by atoms with E-state index in [1.54, 1.807) is 7.11 Å². The maximum atomic E-state index is 14.8. The molecule has 150 valence electrons. The second-order valence-corrected chi connectivity index (χ2v) is 7.11. The van der Waals surface area contributed by atoms with Gasteiger partial charge in [-0.1, -0.05) is 18.2 Å². The van der Waals surface area contributed by atoms with Crippen LogP contribution in [0.1, 0.15) is 12.0 Å². The van der Waals surface area contributed by atoms with Gasteiger partial charge in [0.25, 0.3) is 5.56 Å². The standard InChI is InChI=1S/C20H25FN4O3/c1-27-17-5-3-2-4-14(17)12-16-15(21)6-7-25(16)20-22-18(13-19(26)23-20)24-8-10-28-11-9-24/h2-5,13,15-16H,6-12H2,1H3,(H,22,23,26)/t15-,16-/m1/s1. The number of nitrogens with zero attached hydrogens (tertiary/aromatic N) is 3. The third kappa shape index (κ3) is 3.82. The number of hydrogen-bond donors (Lipinski definition) is 1. The van der Waals surface area contributed by atoms with E-state index in [4.69, 9.17) is 9.47 Å². The Balaban J connectivity index is 1.62. The molecule has 2 aliphatic heterocycles. The van der Waals surface area contributed by atoms with Gasteiger partial charge in [-0.3, -0.25) is 9.78 Å². The van der Waals surface area contributed by atoms with Gasteiger partial charge in [0.1, 0.15) is 17.7 Å². The van der Waals surface area contributed by atoms with Gasteiger partial charge in [-0.05, 0) is 24.5 Å². The van der Waals surface area contributed by atoms with Gasteiger partial charge < -0.3 is 19.3 Å². The highest BCUT2D eigenvalue weighted by Crippen LogP contribution is 2.30. The lowest BCUT2D eigenvalue weighted by atomic mass is 10.0. The van der Waals surface area contributed by atoms with E-state index in [2.05, 4.69) is 9.97 Å². The van der Waals surface area contributed by atoms with Crippen LogP contribution in [0.25, 0.3) is 0 Å². The van der Waals surface area contributed by atoms with Crippen LogP contribution in [-0.2, 0) is 11.2 Å². The fourth-order valence-corrected chi connectivity index (χ4v) is 3.94. The summed E-state index contributed by atoms with van der Waals surface area (Å²) >= 11 is 0. The third-order valence-electron chi connectivity index (χ3n) is 5.41. The summed E-state index contributed by atoms with van der Waals surface area (Å²) in [6, 6.07) is 8.73. The lowest BCUT2D eigenvalue weighted by Gasteiger charge is -2.30. The molecule has 1 aromatic heterocycles. The summed E-state index contributed by atoms with van der Waals surface area (Å²) in [5, 5.41) is 0. The molecule has 1 N–H and O–H groups in total. The normalized spacial score (nSPS) is 22.5. The minimum Gasteiger partial charge on any atom is -0.496 e. The lowest BCUT2D eigenvalue weighted by molar-refractivity contribution is 0.122. The summed E-state index contributed by atoms with van der Waals surface area (Å²) in [5.41, 5.74) is 0.709. The first-order chi connectivity index (χ1) is 13.7. The van der Waals surface area contributed by atoms with Gasteiger partial charge in [0.2, 0.25) is 5.95 Å². The molecule has 0 unspecified atom stereocenters. The number of methoxy groups -OCH3 is 1. The largest absolute Gasteiger partial charge is 0.496 e. The number of morpholine rings is 1. The highest BCUT2D eigenvalue weighted by molar-refractivity contribution is 5.46. The molecular formula is C20H25FN4O3. The molecule has 0 aliphatic carbocycles. The smallest absolute Gasteiger partial charge is 0.254 e. The van der Waals surface area contributed by atoms with Crippen LogP contribution in [0.15, 0.2) is 35.1 Å². The average Bonchev–Trinajstić information content (AvgIpc) is 3.09. The average molecular weight is 388 g/mol. The number of para-hydroxylation sites is 1. The molecule has 7 nitrogen and oxygen atoms in total. The van der Waals surface area contributed by atoms with Gasteiger partial charge in [0.05, 0.1) is 26.4 Å². The molecule has 4 rings (SSSR count). The number of benzene rings is 1. The molecule has 28 heavy (non-hydrogen) atoms. The number of hydrogen-bond acceptors (Lipinski definition) is 6. The predicted octanol–water partition coefficient (Wildman–Crippen LogP) is 1.77. The molecule has 0 spiro atoms. The van der Waals surface area contributed by atoms with Crippen LogP contribution in [0.4, 0.5) is 16.2 Å². The number of aromatic nitrogens is 2. The maximum Gasteiger partial charge on any atom is 0.254 e. The number of anilines is 2. The summed E-state index contributed by atoms with van der Waals surface area (Å²) in [6.07, 6.45) is -0.107. The first kappa shape index (κ1) is 18.7. The molecule has 8 heteroatoms. The summed E-state index contributed by atoms with van der Waals surface area (Å²) in [7, 11) is 1.61. The molecule has 2 aliphatic rings.